The monoisotopic (exact) mass is 377 g/mol. The predicted molar refractivity (Wildman–Crippen MR) is 102 cm³/mol. The number of pyridine rings is 1. The normalized spacial score (nSPS) is 22.6. The van der Waals surface area contributed by atoms with Crippen molar-refractivity contribution in [1.29, 1.82) is 0 Å². The number of anilines is 2. The van der Waals surface area contributed by atoms with Crippen LogP contribution in [-0.2, 0) is 4.74 Å². The minimum atomic E-state index is -0.520. The molecule has 1 saturated heterocycles. The summed E-state index contributed by atoms with van der Waals surface area (Å²) in [5.41, 5.74) is 0.0237. The first-order chi connectivity index (χ1) is 12.9. The molecule has 1 aromatic rings. The molecule has 0 atom stereocenters. The molecule has 1 saturated carbocycles. The van der Waals surface area contributed by atoms with E-state index < -0.39 is 4.92 Å². The fourth-order valence-electron chi connectivity index (χ4n) is 3.54. The van der Waals surface area contributed by atoms with E-state index in [0.29, 0.717) is 24.9 Å². The highest BCUT2D eigenvalue weighted by molar-refractivity contribution is 6.00. The number of nitrogens with one attached hydrogen (secondary N) is 2. The van der Waals surface area contributed by atoms with Crippen molar-refractivity contribution in [2.45, 2.75) is 44.7 Å². The molecule has 1 amide bonds. The highest BCUT2D eigenvalue weighted by Crippen LogP contribution is 2.31. The number of ether oxygens (including phenoxy) is 1. The topological polar surface area (TPSA) is 110 Å². The number of hydrogen-bond acceptors (Lipinski definition) is 7. The molecule has 1 aliphatic carbocycles. The van der Waals surface area contributed by atoms with Gasteiger partial charge >= 0.3 is 5.69 Å². The average molecular weight is 377 g/mol. The maximum absolute atomic E-state index is 13.0. The van der Waals surface area contributed by atoms with Gasteiger partial charge in [0.1, 0.15) is 5.82 Å². The summed E-state index contributed by atoms with van der Waals surface area (Å²) in [7, 11) is 3.41. The van der Waals surface area contributed by atoms with Crippen LogP contribution in [-0.4, -0.2) is 55.2 Å². The first kappa shape index (κ1) is 19.3. The van der Waals surface area contributed by atoms with Gasteiger partial charge in [-0.15, -0.1) is 0 Å². The van der Waals surface area contributed by atoms with E-state index in [9.17, 15) is 14.9 Å². The summed E-state index contributed by atoms with van der Waals surface area (Å²) in [5, 5.41) is 17.2. The molecule has 2 N–H and O–H groups in total. The van der Waals surface area contributed by atoms with Gasteiger partial charge in [0.05, 0.1) is 29.7 Å². The van der Waals surface area contributed by atoms with Gasteiger partial charge in [-0.1, -0.05) is 6.92 Å². The van der Waals surface area contributed by atoms with Gasteiger partial charge in [-0.25, -0.2) is 4.98 Å². The first-order valence-corrected chi connectivity index (χ1v) is 9.39. The smallest absolute Gasteiger partial charge is 0.312 e. The van der Waals surface area contributed by atoms with E-state index in [4.69, 9.17) is 4.74 Å². The fraction of sp³-hybridized carbons (Fsp3) is 0.667. The Hall–Kier alpha value is -2.42. The maximum Gasteiger partial charge on any atom is 0.312 e. The van der Waals surface area contributed by atoms with E-state index in [2.05, 4.69) is 22.5 Å². The number of likely N-dealkylation sites (N-methyl/N-ethyl adjacent to an activating group) is 1. The highest BCUT2D eigenvalue weighted by Gasteiger charge is 2.31. The van der Waals surface area contributed by atoms with Crippen molar-refractivity contribution in [3.8, 4) is 0 Å². The van der Waals surface area contributed by atoms with Gasteiger partial charge in [0, 0.05) is 26.2 Å². The molecule has 0 spiro atoms. The van der Waals surface area contributed by atoms with Crippen LogP contribution in [0.25, 0.3) is 0 Å². The zero-order chi connectivity index (χ0) is 19.6. The molecule has 9 nitrogen and oxygen atoms in total. The molecular formula is C18H27N5O4. The van der Waals surface area contributed by atoms with Crippen molar-refractivity contribution in [2.75, 3.05) is 37.5 Å². The molecule has 0 radical (unpaired) electrons. The Kier molecular flexibility index (Phi) is 5.79. The summed E-state index contributed by atoms with van der Waals surface area (Å²) in [5.74, 6) is 0.941. The predicted octanol–water partition coefficient (Wildman–Crippen LogP) is 2.17. The van der Waals surface area contributed by atoms with Crippen LogP contribution >= 0.6 is 0 Å². The number of rotatable bonds is 6. The van der Waals surface area contributed by atoms with Gasteiger partial charge < -0.3 is 20.3 Å². The van der Waals surface area contributed by atoms with Crippen LogP contribution < -0.4 is 15.5 Å². The Bertz CT molecular complexity index is 714. The third kappa shape index (κ3) is 4.13. The largest absolute Gasteiger partial charge is 0.377 e. The molecule has 27 heavy (non-hydrogen) atoms. The van der Waals surface area contributed by atoms with E-state index >= 15 is 0 Å². The lowest BCUT2D eigenvalue weighted by Crippen LogP contribution is -2.48. The van der Waals surface area contributed by atoms with Gasteiger partial charge in [0.15, 0.2) is 0 Å². The number of carbonyl (C=O) groups excluding carboxylic acids is 1. The molecular weight excluding hydrogens is 350 g/mol. The molecule has 2 fully saturated rings. The Labute approximate surface area is 158 Å². The Morgan fingerprint density at radius 2 is 2.00 bits per heavy atom. The minimum absolute atomic E-state index is 0.0990. The van der Waals surface area contributed by atoms with E-state index in [0.717, 1.165) is 25.7 Å². The molecule has 0 unspecified atom stereocenters. The molecule has 2 aliphatic rings. The van der Waals surface area contributed by atoms with Crippen molar-refractivity contribution in [3.63, 3.8) is 0 Å². The van der Waals surface area contributed by atoms with Gasteiger partial charge in [-0.05, 0) is 31.6 Å². The number of aromatic nitrogens is 1. The van der Waals surface area contributed by atoms with Crippen molar-refractivity contribution in [1.82, 2.24) is 10.3 Å². The summed E-state index contributed by atoms with van der Waals surface area (Å²) >= 11 is 0. The van der Waals surface area contributed by atoms with Crippen LogP contribution in [0.15, 0.2) is 6.07 Å². The van der Waals surface area contributed by atoms with Crippen LogP contribution in [0.4, 0.5) is 17.3 Å². The molecule has 2 heterocycles. The van der Waals surface area contributed by atoms with E-state index in [1.165, 1.54) is 6.07 Å². The lowest BCUT2D eigenvalue weighted by Gasteiger charge is -2.36. The average Bonchev–Trinajstić information content (AvgIpc) is 2.60. The second-order valence-electron chi connectivity index (χ2n) is 7.47. The third-order valence-corrected chi connectivity index (χ3v) is 5.51. The van der Waals surface area contributed by atoms with Crippen LogP contribution in [0.5, 0.6) is 0 Å². The van der Waals surface area contributed by atoms with Crippen LogP contribution in [0.3, 0.4) is 0 Å². The second kappa shape index (κ2) is 8.08. The lowest BCUT2D eigenvalue weighted by atomic mass is 9.87. The van der Waals surface area contributed by atoms with Crippen molar-refractivity contribution < 1.29 is 14.5 Å². The molecule has 1 aliphatic heterocycles. The number of hydrogen-bond donors (Lipinski definition) is 2. The maximum atomic E-state index is 13.0. The zero-order valence-electron chi connectivity index (χ0n) is 16.0. The van der Waals surface area contributed by atoms with E-state index in [1.807, 2.05) is 11.9 Å². The second-order valence-corrected chi connectivity index (χ2v) is 7.47. The van der Waals surface area contributed by atoms with Crippen LogP contribution in [0.2, 0.25) is 0 Å². The summed E-state index contributed by atoms with van der Waals surface area (Å²) in [6.07, 6.45) is 4.01. The molecule has 9 heteroatoms. The van der Waals surface area contributed by atoms with Crippen molar-refractivity contribution in [3.05, 3.63) is 21.7 Å². The quantitative estimate of drug-likeness (QED) is 0.577. The van der Waals surface area contributed by atoms with Gasteiger partial charge in [-0.3, -0.25) is 14.9 Å². The number of nitrogens with zero attached hydrogens (tertiary/aromatic N) is 3. The zero-order valence-corrected chi connectivity index (χ0v) is 16.0. The van der Waals surface area contributed by atoms with Crippen molar-refractivity contribution >= 4 is 23.2 Å². The van der Waals surface area contributed by atoms with Crippen LogP contribution in [0.1, 0.15) is 43.0 Å². The molecule has 0 bridgehead atoms. The summed E-state index contributed by atoms with van der Waals surface area (Å²) in [6.45, 7) is 3.31. The number of carbonyl (C=O) groups is 1. The van der Waals surface area contributed by atoms with Crippen LogP contribution in [0, 0.1) is 16.0 Å². The summed E-state index contributed by atoms with van der Waals surface area (Å²) < 4.78 is 5.23. The first-order valence-electron chi connectivity index (χ1n) is 9.39. The summed E-state index contributed by atoms with van der Waals surface area (Å²) in [6, 6.07) is 1.53. The van der Waals surface area contributed by atoms with Crippen molar-refractivity contribution in [2.24, 2.45) is 5.92 Å². The fourth-order valence-corrected chi connectivity index (χ4v) is 3.54. The number of nitro groups is 1. The van der Waals surface area contributed by atoms with Gasteiger partial charge in [0.2, 0.25) is 5.82 Å². The van der Waals surface area contributed by atoms with Gasteiger partial charge in [-0.2, -0.15) is 0 Å². The molecule has 3 rings (SSSR count). The Morgan fingerprint density at radius 3 is 2.52 bits per heavy atom. The third-order valence-electron chi connectivity index (χ3n) is 5.51. The molecule has 148 valence electrons. The lowest BCUT2D eigenvalue weighted by molar-refractivity contribution is -0.384. The van der Waals surface area contributed by atoms with E-state index in [1.54, 1.807) is 7.05 Å². The minimum Gasteiger partial charge on any atom is -0.377 e. The molecule has 1 aromatic heterocycles. The summed E-state index contributed by atoms with van der Waals surface area (Å²) in [4.78, 5) is 30.1. The van der Waals surface area contributed by atoms with E-state index in [-0.39, 0.29) is 35.1 Å². The Balaban J connectivity index is 1.91. The highest BCUT2D eigenvalue weighted by atomic mass is 16.6. The standard InChI is InChI=1S/C18H27N5O4/c1-11-4-6-12(7-5-11)20-18(24)14-8-15(23(25)26)16(19-2)21-17(14)22(3)13-9-27-10-13/h8,11-13H,4-7,9-10H2,1-3H3,(H,19,21)(H,20,24). The van der Waals surface area contributed by atoms with Gasteiger partial charge in [0.25, 0.3) is 5.91 Å². The Morgan fingerprint density at radius 1 is 1.33 bits per heavy atom. The SMILES string of the molecule is CNc1nc(N(C)C2COC2)c(C(=O)NC2CCC(C)CC2)cc1[N+](=O)[O-]. The molecule has 0 aromatic carbocycles. The number of amides is 1.